The van der Waals surface area contributed by atoms with Crippen molar-refractivity contribution in [3.8, 4) is 0 Å². The van der Waals surface area contributed by atoms with E-state index >= 15 is 0 Å². The first kappa shape index (κ1) is 13.3. The van der Waals surface area contributed by atoms with Crippen molar-refractivity contribution in [2.75, 3.05) is 19.6 Å². The fraction of sp³-hybridized carbons (Fsp3) is 0.917. The average molecular weight is 228 g/mol. The molecule has 2 amide bonds. The van der Waals surface area contributed by atoms with Crippen molar-refractivity contribution < 1.29 is 9.90 Å². The number of carbonyl (C=O) groups is 1. The van der Waals surface area contributed by atoms with Crippen LogP contribution in [-0.4, -0.2) is 41.8 Å². The summed E-state index contributed by atoms with van der Waals surface area (Å²) in [4.78, 5) is 13.5. The topological polar surface area (TPSA) is 52.6 Å². The molecule has 1 heterocycles. The number of hydrogen-bond donors (Lipinski definition) is 2. The molecule has 0 aromatic heterocycles. The van der Waals surface area contributed by atoms with Gasteiger partial charge in [-0.1, -0.05) is 26.7 Å². The van der Waals surface area contributed by atoms with E-state index < -0.39 is 0 Å². The molecule has 0 aliphatic carbocycles. The van der Waals surface area contributed by atoms with Crippen LogP contribution in [0.3, 0.4) is 0 Å². The number of aliphatic hydroxyl groups is 1. The smallest absolute Gasteiger partial charge is 0.317 e. The number of nitrogens with zero attached hydrogens (tertiary/aromatic N) is 1. The van der Waals surface area contributed by atoms with E-state index in [0.29, 0.717) is 12.5 Å². The second-order valence-electron chi connectivity index (χ2n) is 4.61. The maximum Gasteiger partial charge on any atom is 0.317 e. The molecule has 94 valence electrons. The number of likely N-dealkylation sites (tertiary alicyclic amines) is 1. The third-order valence-corrected chi connectivity index (χ3v) is 3.38. The van der Waals surface area contributed by atoms with Crippen LogP contribution in [0.5, 0.6) is 0 Å². The van der Waals surface area contributed by atoms with Crippen LogP contribution < -0.4 is 5.32 Å². The zero-order valence-electron chi connectivity index (χ0n) is 10.4. The van der Waals surface area contributed by atoms with Crippen molar-refractivity contribution >= 4 is 6.03 Å². The zero-order chi connectivity index (χ0) is 12.0. The van der Waals surface area contributed by atoms with E-state index in [9.17, 15) is 9.90 Å². The van der Waals surface area contributed by atoms with Gasteiger partial charge in [0.2, 0.25) is 0 Å². The van der Waals surface area contributed by atoms with Crippen molar-refractivity contribution in [1.29, 1.82) is 0 Å². The van der Waals surface area contributed by atoms with E-state index in [2.05, 4.69) is 19.2 Å². The fourth-order valence-corrected chi connectivity index (χ4v) is 2.06. The van der Waals surface area contributed by atoms with Gasteiger partial charge in [-0.15, -0.1) is 0 Å². The number of β-amino-alcohol motifs (C(OH)–C–C–N with tert-alkyl or cyclic N) is 1. The molecule has 4 nitrogen and oxygen atoms in total. The van der Waals surface area contributed by atoms with E-state index in [4.69, 9.17) is 0 Å². The van der Waals surface area contributed by atoms with Gasteiger partial charge in [-0.25, -0.2) is 4.79 Å². The summed E-state index contributed by atoms with van der Waals surface area (Å²) in [5.41, 5.74) is 0. The van der Waals surface area contributed by atoms with Crippen LogP contribution >= 0.6 is 0 Å². The van der Waals surface area contributed by atoms with Gasteiger partial charge in [-0.2, -0.15) is 0 Å². The van der Waals surface area contributed by atoms with Crippen molar-refractivity contribution in [3.63, 3.8) is 0 Å². The standard InChI is InChI=1S/C12H24N2O2/c1-3-10(4-2)8-13-12(16)14-7-5-6-11(15)9-14/h10-11,15H,3-9H2,1-2H3,(H,13,16). The molecule has 16 heavy (non-hydrogen) atoms. The Kier molecular flexibility index (Phi) is 5.60. The Balaban J connectivity index is 2.28. The number of carbonyl (C=O) groups excluding carboxylic acids is 1. The molecule has 1 saturated heterocycles. The van der Waals surface area contributed by atoms with Crippen LogP contribution in [0.4, 0.5) is 4.79 Å². The Labute approximate surface area is 98.0 Å². The van der Waals surface area contributed by atoms with Gasteiger partial charge >= 0.3 is 6.03 Å². The highest BCUT2D eigenvalue weighted by molar-refractivity contribution is 5.74. The van der Waals surface area contributed by atoms with E-state index in [1.165, 1.54) is 0 Å². The summed E-state index contributed by atoms with van der Waals surface area (Å²) < 4.78 is 0. The lowest BCUT2D eigenvalue weighted by Crippen LogP contribution is -2.48. The molecule has 0 radical (unpaired) electrons. The molecule has 1 fully saturated rings. The van der Waals surface area contributed by atoms with Crippen LogP contribution in [0, 0.1) is 5.92 Å². The first-order valence-corrected chi connectivity index (χ1v) is 6.38. The summed E-state index contributed by atoms with van der Waals surface area (Å²) in [5, 5.41) is 12.4. The molecule has 1 atom stereocenters. The third-order valence-electron chi connectivity index (χ3n) is 3.38. The predicted molar refractivity (Wildman–Crippen MR) is 64.3 cm³/mol. The normalized spacial score (nSPS) is 21.2. The highest BCUT2D eigenvalue weighted by Crippen LogP contribution is 2.10. The maximum atomic E-state index is 11.8. The SMILES string of the molecule is CCC(CC)CNC(=O)N1CCCC(O)C1. The highest BCUT2D eigenvalue weighted by Gasteiger charge is 2.21. The number of hydrogen-bond acceptors (Lipinski definition) is 2. The summed E-state index contributed by atoms with van der Waals surface area (Å²) >= 11 is 0. The first-order chi connectivity index (χ1) is 7.67. The minimum absolute atomic E-state index is 0.0225. The second kappa shape index (κ2) is 6.74. The van der Waals surface area contributed by atoms with E-state index in [0.717, 1.165) is 38.8 Å². The van der Waals surface area contributed by atoms with E-state index in [1.54, 1.807) is 4.90 Å². The van der Waals surface area contributed by atoms with Gasteiger partial charge in [0.15, 0.2) is 0 Å². The van der Waals surface area contributed by atoms with Crippen molar-refractivity contribution in [2.45, 2.75) is 45.6 Å². The van der Waals surface area contributed by atoms with Gasteiger partial charge in [0.05, 0.1) is 6.10 Å². The van der Waals surface area contributed by atoms with Crippen molar-refractivity contribution in [1.82, 2.24) is 10.2 Å². The Bertz CT molecular complexity index is 217. The summed E-state index contributed by atoms with van der Waals surface area (Å²) in [7, 11) is 0. The van der Waals surface area contributed by atoms with Crippen LogP contribution in [0.2, 0.25) is 0 Å². The van der Waals surface area contributed by atoms with Crippen LogP contribution in [0.15, 0.2) is 0 Å². The molecule has 0 saturated carbocycles. The van der Waals surface area contributed by atoms with Gasteiger partial charge in [0.1, 0.15) is 0 Å². The number of nitrogens with one attached hydrogen (secondary N) is 1. The number of piperidine rings is 1. The Morgan fingerprint density at radius 3 is 2.75 bits per heavy atom. The lowest BCUT2D eigenvalue weighted by molar-refractivity contribution is 0.0839. The molecule has 2 N–H and O–H groups in total. The van der Waals surface area contributed by atoms with Gasteiger partial charge < -0.3 is 15.3 Å². The molecule has 0 aromatic rings. The summed E-state index contributed by atoms with van der Waals surface area (Å²) in [6.07, 6.45) is 3.57. The Morgan fingerprint density at radius 1 is 1.50 bits per heavy atom. The largest absolute Gasteiger partial charge is 0.391 e. The fourth-order valence-electron chi connectivity index (χ4n) is 2.06. The zero-order valence-corrected chi connectivity index (χ0v) is 10.4. The lowest BCUT2D eigenvalue weighted by atomic mass is 10.0. The average Bonchev–Trinajstić information content (AvgIpc) is 2.30. The van der Waals surface area contributed by atoms with Crippen molar-refractivity contribution in [3.05, 3.63) is 0 Å². The maximum absolute atomic E-state index is 11.8. The van der Waals surface area contributed by atoms with Crippen LogP contribution in [0.1, 0.15) is 39.5 Å². The number of urea groups is 1. The summed E-state index contributed by atoms with van der Waals surface area (Å²) in [6.45, 7) is 6.29. The quantitative estimate of drug-likeness (QED) is 0.767. The Morgan fingerprint density at radius 2 is 2.19 bits per heavy atom. The first-order valence-electron chi connectivity index (χ1n) is 6.38. The minimum Gasteiger partial charge on any atom is -0.391 e. The van der Waals surface area contributed by atoms with E-state index in [1.807, 2.05) is 0 Å². The summed E-state index contributed by atoms with van der Waals surface area (Å²) in [6, 6.07) is -0.0225. The molecule has 1 aliphatic rings. The number of rotatable bonds is 4. The third kappa shape index (κ3) is 4.00. The minimum atomic E-state index is -0.340. The molecule has 1 rings (SSSR count). The number of amides is 2. The van der Waals surface area contributed by atoms with E-state index in [-0.39, 0.29) is 12.1 Å². The molecule has 0 aromatic carbocycles. The number of aliphatic hydroxyl groups excluding tert-OH is 1. The van der Waals surface area contributed by atoms with Gasteiger partial charge in [0.25, 0.3) is 0 Å². The Hall–Kier alpha value is -0.770. The molecule has 1 aliphatic heterocycles. The molecule has 0 bridgehead atoms. The van der Waals surface area contributed by atoms with Crippen LogP contribution in [0.25, 0.3) is 0 Å². The van der Waals surface area contributed by atoms with Crippen LogP contribution in [-0.2, 0) is 0 Å². The molecule has 1 unspecified atom stereocenters. The molecule has 0 spiro atoms. The summed E-state index contributed by atoms with van der Waals surface area (Å²) in [5.74, 6) is 0.568. The van der Waals surface area contributed by atoms with Gasteiger partial charge in [-0.05, 0) is 18.8 Å². The van der Waals surface area contributed by atoms with Crippen molar-refractivity contribution in [2.24, 2.45) is 5.92 Å². The molecular weight excluding hydrogens is 204 g/mol. The monoisotopic (exact) mass is 228 g/mol. The van der Waals surface area contributed by atoms with Gasteiger partial charge in [-0.3, -0.25) is 0 Å². The molecule has 4 heteroatoms. The predicted octanol–water partition coefficient (Wildman–Crippen LogP) is 1.59. The lowest BCUT2D eigenvalue weighted by Gasteiger charge is -2.30. The van der Waals surface area contributed by atoms with Gasteiger partial charge in [0, 0.05) is 19.6 Å². The second-order valence-corrected chi connectivity index (χ2v) is 4.61. The highest BCUT2D eigenvalue weighted by atomic mass is 16.3. The molecular formula is C12H24N2O2.